The van der Waals surface area contributed by atoms with Gasteiger partial charge in [-0.15, -0.1) is 11.3 Å². The molecule has 0 fully saturated rings. The van der Waals surface area contributed by atoms with Crippen LogP contribution in [0, 0.1) is 12.7 Å². The minimum absolute atomic E-state index is 0.216. The highest BCUT2D eigenvalue weighted by Gasteiger charge is 2.29. The number of fused-ring (bicyclic) bond motifs is 2. The average Bonchev–Trinajstić information content (AvgIpc) is 3.07. The van der Waals surface area contributed by atoms with E-state index in [9.17, 15) is 4.39 Å². The first-order valence-electron chi connectivity index (χ1n) is 7.22. The van der Waals surface area contributed by atoms with Crippen molar-refractivity contribution in [1.82, 2.24) is 4.90 Å². The van der Waals surface area contributed by atoms with Gasteiger partial charge in [-0.25, -0.2) is 4.39 Å². The minimum Gasteiger partial charge on any atom is -0.480 e. The Labute approximate surface area is 131 Å². The van der Waals surface area contributed by atoms with Gasteiger partial charge in [0.05, 0.1) is 6.54 Å². The van der Waals surface area contributed by atoms with Gasteiger partial charge in [-0.1, -0.05) is 0 Å². The maximum Gasteiger partial charge on any atom is 0.165 e. The molecule has 0 saturated heterocycles. The number of hydrogen-bond donors (Lipinski definition) is 0. The van der Waals surface area contributed by atoms with Crippen molar-refractivity contribution in [3.05, 3.63) is 52.5 Å². The van der Waals surface area contributed by atoms with Crippen molar-refractivity contribution >= 4 is 21.4 Å². The van der Waals surface area contributed by atoms with Crippen LogP contribution in [0.2, 0.25) is 0 Å². The molecular formula is C17H16FNO2S. The highest BCUT2D eigenvalue weighted by Crippen LogP contribution is 2.38. The molecule has 0 aliphatic carbocycles. The number of nitrogens with zero attached hydrogens (tertiary/aromatic N) is 1. The van der Waals surface area contributed by atoms with E-state index in [-0.39, 0.29) is 11.9 Å². The first-order chi connectivity index (χ1) is 10.6. The topological polar surface area (TPSA) is 25.6 Å². The van der Waals surface area contributed by atoms with E-state index in [1.54, 1.807) is 17.4 Å². The second-order valence-corrected chi connectivity index (χ2v) is 6.70. The molecule has 1 aliphatic heterocycles. The summed E-state index contributed by atoms with van der Waals surface area (Å²) in [5, 5.41) is 2.79. The highest BCUT2D eigenvalue weighted by molar-refractivity contribution is 7.17. The summed E-state index contributed by atoms with van der Waals surface area (Å²) in [5.74, 6) is 1.79. The molecular weight excluding hydrogens is 301 g/mol. The zero-order chi connectivity index (χ0) is 15.3. The lowest BCUT2D eigenvalue weighted by Crippen LogP contribution is -2.32. The van der Waals surface area contributed by atoms with Gasteiger partial charge in [0.1, 0.15) is 17.6 Å². The van der Waals surface area contributed by atoms with Crippen LogP contribution in [0.25, 0.3) is 10.1 Å². The number of hydrogen-bond acceptors (Lipinski definition) is 4. The summed E-state index contributed by atoms with van der Waals surface area (Å²) in [6.07, 6.45) is -0.216. The first-order valence-corrected chi connectivity index (χ1v) is 8.10. The third kappa shape index (κ3) is 2.21. The Morgan fingerprint density at radius 3 is 3.09 bits per heavy atom. The number of likely N-dealkylation sites (N-methyl/N-ethyl adjacent to an activating group) is 1. The number of halogens is 1. The normalized spacial score (nSPS) is 18.6. The molecule has 2 aromatic heterocycles. The van der Waals surface area contributed by atoms with Crippen molar-refractivity contribution < 1.29 is 13.5 Å². The molecule has 1 aromatic carbocycles. The third-order valence-corrected chi connectivity index (χ3v) is 4.88. The third-order valence-electron chi connectivity index (χ3n) is 4.00. The fraction of sp³-hybridized carbons (Fsp3) is 0.294. The van der Waals surface area contributed by atoms with Crippen molar-refractivity contribution in [3.63, 3.8) is 0 Å². The molecule has 0 saturated carbocycles. The van der Waals surface area contributed by atoms with E-state index in [4.69, 9.17) is 9.15 Å². The van der Waals surface area contributed by atoms with E-state index in [0.29, 0.717) is 12.3 Å². The maximum atomic E-state index is 14.3. The van der Waals surface area contributed by atoms with Gasteiger partial charge in [0.25, 0.3) is 0 Å². The van der Waals surface area contributed by atoms with Gasteiger partial charge in [0, 0.05) is 22.2 Å². The summed E-state index contributed by atoms with van der Waals surface area (Å²) >= 11 is 1.59. The molecule has 3 aromatic rings. The fourth-order valence-electron chi connectivity index (χ4n) is 3.02. The van der Waals surface area contributed by atoms with Crippen molar-refractivity contribution in [2.75, 3.05) is 13.6 Å². The molecule has 0 spiro atoms. The largest absolute Gasteiger partial charge is 0.480 e. The molecule has 0 N–H and O–H groups in total. The van der Waals surface area contributed by atoms with Crippen LogP contribution >= 0.6 is 11.3 Å². The quantitative estimate of drug-likeness (QED) is 0.695. The van der Waals surface area contributed by atoms with Crippen LogP contribution < -0.4 is 4.74 Å². The van der Waals surface area contributed by atoms with Gasteiger partial charge in [0.15, 0.2) is 11.6 Å². The van der Waals surface area contributed by atoms with Crippen LogP contribution in [0.15, 0.2) is 34.1 Å². The van der Waals surface area contributed by atoms with Gasteiger partial charge in [-0.3, -0.25) is 4.90 Å². The van der Waals surface area contributed by atoms with Gasteiger partial charge >= 0.3 is 0 Å². The van der Waals surface area contributed by atoms with Crippen molar-refractivity contribution in [2.24, 2.45) is 0 Å². The molecule has 3 heterocycles. The Morgan fingerprint density at radius 2 is 2.23 bits per heavy atom. The van der Waals surface area contributed by atoms with Gasteiger partial charge in [0.2, 0.25) is 0 Å². The number of furan rings is 1. The second kappa shape index (κ2) is 5.11. The summed E-state index contributed by atoms with van der Waals surface area (Å²) < 4.78 is 27.1. The molecule has 0 radical (unpaired) electrons. The number of benzene rings is 1. The lowest BCUT2D eigenvalue weighted by atomic mass is 10.0. The Morgan fingerprint density at radius 1 is 1.36 bits per heavy atom. The van der Waals surface area contributed by atoms with Crippen molar-refractivity contribution in [2.45, 2.75) is 19.6 Å². The molecule has 0 amide bonds. The molecule has 114 valence electrons. The molecule has 4 rings (SSSR count). The molecule has 1 unspecified atom stereocenters. The van der Waals surface area contributed by atoms with Gasteiger partial charge in [-0.2, -0.15) is 0 Å². The molecule has 22 heavy (non-hydrogen) atoms. The van der Waals surface area contributed by atoms with E-state index in [1.165, 1.54) is 6.07 Å². The molecule has 3 nitrogen and oxygen atoms in total. The van der Waals surface area contributed by atoms with Crippen molar-refractivity contribution in [1.29, 1.82) is 0 Å². The Balaban J connectivity index is 1.76. The number of thiophene rings is 1. The number of rotatable bonds is 2. The predicted octanol–water partition coefficient (Wildman–Crippen LogP) is 4.51. The molecule has 1 aliphatic rings. The second-order valence-electron chi connectivity index (χ2n) is 5.75. The number of ether oxygens (including phenoxy) is 1. The monoisotopic (exact) mass is 317 g/mol. The summed E-state index contributed by atoms with van der Waals surface area (Å²) in [6.45, 7) is 3.40. The molecule has 0 bridgehead atoms. The predicted molar refractivity (Wildman–Crippen MR) is 84.9 cm³/mol. The van der Waals surface area contributed by atoms with Crippen LogP contribution in [0.1, 0.15) is 23.2 Å². The Kier molecular flexibility index (Phi) is 3.20. The zero-order valence-electron chi connectivity index (χ0n) is 12.4. The zero-order valence-corrected chi connectivity index (χ0v) is 13.2. The van der Waals surface area contributed by atoms with E-state index < -0.39 is 0 Å². The van der Waals surface area contributed by atoms with Crippen LogP contribution in [0.5, 0.6) is 5.75 Å². The van der Waals surface area contributed by atoms with Crippen LogP contribution in [-0.2, 0) is 6.54 Å². The van der Waals surface area contributed by atoms with E-state index in [0.717, 1.165) is 33.7 Å². The van der Waals surface area contributed by atoms with Gasteiger partial charge in [-0.05, 0) is 43.6 Å². The summed E-state index contributed by atoms with van der Waals surface area (Å²) in [6, 6.07) is 7.18. The van der Waals surface area contributed by atoms with Crippen LogP contribution in [0.4, 0.5) is 4.39 Å². The molecule has 5 heteroatoms. The van der Waals surface area contributed by atoms with Crippen LogP contribution in [-0.4, -0.2) is 18.5 Å². The summed E-state index contributed by atoms with van der Waals surface area (Å²) in [7, 11) is 2.01. The Bertz CT molecular complexity index is 838. The SMILES string of the molecule is Cc1cc2c(o1)CN(C)CC2Oc1c(F)ccc2sccc12. The standard InChI is InChI=1S/C17H16FNO2S/c1-10-7-12-14(20-10)8-19(2)9-15(12)21-17-11-5-6-22-16(11)4-3-13(17)18/h3-7,15H,8-9H2,1-2H3. The minimum atomic E-state index is -0.319. The maximum absolute atomic E-state index is 14.3. The lowest BCUT2D eigenvalue weighted by molar-refractivity contribution is 0.117. The molecule has 1 atom stereocenters. The average molecular weight is 317 g/mol. The lowest BCUT2D eigenvalue weighted by Gasteiger charge is -2.29. The van der Waals surface area contributed by atoms with Crippen LogP contribution in [0.3, 0.4) is 0 Å². The Hall–Kier alpha value is -1.85. The van der Waals surface area contributed by atoms with E-state index in [2.05, 4.69) is 4.90 Å². The van der Waals surface area contributed by atoms with Gasteiger partial charge < -0.3 is 9.15 Å². The smallest absolute Gasteiger partial charge is 0.165 e. The first kappa shape index (κ1) is 13.8. The summed E-state index contributed by atoms with van der Waals surface area (Å²) in [5.41, 5.74) is 1.03. The van der Waals surface area contributed by atoms with E-state index in [1.807, 2.05) is 31.5 Å². The highest BCUT2D eigenvalue weighted by atomic mass is 32.1. The van der Waals surface area contributed by atoms with Crippen molar-refractivity contribution in [3.8, 4) is 5.75 Å². The number of aryl methyl sites for hydroxylation is 1. The van der Waals surface area contributed by atoms with E-state index >= 15 is 0 Å². The summed E-state index contributed by atoms with van der Waals surface area (Å²) in [4.78, 5) is 2.13. The fourth-order valence-corrected chi connectivity index (χ4v) is 3.81.